The van der Waals surface area contributed by atoms with Gasteiger partial charge in [-0.3, -0.25) is 4.79 Å². The number of ether oxygens (including phenoxy) is 1. The molecule has 1 aromatic carbocycles. The molecule has 0 N–H and O–H groups in total. The molecule has 1 aliphatic carbocycles. The molecule has 1 aromatic rings. The number of anilines is 1. The van der Waals surface area contributed by atoms with Crippen molar-refractivity contribution in [3.8, 4) is 0 Å². The van der Waals surface area contributed by atoms with Crippen molar-refractivity contribution < 1.29 is 14.3 Å². The van der Waals surface area contributed by atoms with Gasteiger partial charge in [0.25, 0.3) is 0 Å². The Bertz CT molecular complexity index is 809. The first-order chi connectivity index (χ1) is 14.1. The van der Waals surface area contributed by atoms with E-state index in [1.807, 2.05) is 9.80 Å². The molecule has 0 bridgehead atoms. The zero-order chi connectivity index (χ0) is 19.5. The molecule has 2 amide bonds. The third kappa shape index (κ3) is 3.21. The summed E-state index contributed by atoms with van der Waals surface area (Å²) in [6, 6.07) is 9.15. The normalized spacial score (nSPS) is 33.9. The van der Waals surface area contributed by atoms with Crippen molar-refractivity contribution in [1.82, 2.24) is 9.80 Å². The van der Waals surface area contributed by atoms with Gasteiger partial charge in [-0.2, -0.15) is 0 Å². The van der Waals surface area contributed by atoms with Crippen LogP contribution >= 0.6 is 0 Å². The Kier molecular flexibility index (Phi) is 4.12. The summed E-state index contributed by atoms with van der Waals surface area (Å²) in [7, 11) is 0. The number of benzene rings is 1. The van der Waals surface area contributed by atoms with Gasteiger partial charge in [0.1, 0.15) is 6.61 Å². The van der Waals surface area contributed by atoms with E-state index < -0.39 is 0 Å². The molecule has 4 aliphatic heterocycles. The molecule has 2 unspecified atom stereocenters. The number of ketones is 1. The zero-order valence-corrected chi connectivity index (χ0v) is 16.8. The number of carbonyl (C=O) groups is 2. The van der Waals surface area contributed by atoms with E-state index in [0.29, 0.717) is 18.9 Å². The van der Waals surface area contributed by atoms with Crippen LogP contribution in [0.25, 0.3) is 0 Å². The molecule has 4 saturated heterocycles. The lowest BCUT2D eigenvalue weighted by Crippen LogP contribution is -2.58. The molecule has 6 nitrogen and oxygen atoms in total. The SMILES string of the molecule is O=C1CO[C@H]2CCN(C(=O)N3CC(c4ccc(N5CC6CC6C5)cc4)C3)C[C@H]2C1. The molecule has 1 saturated carbocycles. The predicted molar refractivity (Wildman–Crippen MR) is 109 cm³/mol. The van der Waals surface area contributed by atoms with E-state index in [-0.39, 0.29) is 30.4 Å². The maximum atomic E-state index is 12.9. The van der Waals surface area contributed by atoms with E-state index in [0.717, 1.165) is 37.9 Å². The van der Waals surface area contributed by atoms with Gasteiger partial charge in [-0.05, 0) is 42.4 Å². The predicted octanol–water partition coefficient (Wildman–Crippen LogP) is 2.34. The van der Waals surface area contributed by atoms with Gasteiger partial charge in [-0.1, -0.05) is 12.1 Å². The highest BCUT2D eigenvalue weighted by atomic mass is 16.5. The van der Waals surface area contributed by atoms with Crippen molar-refractivity contribution in [2.75, 3.05) is 50.8 Å². The smallest absolute Gasteiger partial charge is 0.320 e. The maximum Gasteiger partial charge on any atom is 0.320 e. The van der Waals surface area contributed by atoms with Gasteiger partial charge in [0.05, 0.1) is 6.10 Å². The number of hydrogen-bond acceptors (Lipinski definition) is 4. The molecular weight excluding hydrogens is 366 g/mol. The molecule has 0 radical (unpaired) electrons. The Morgan fingerprint density at radius 2 is 1.69 bits per heavy atom. The zero-order valence-electron chi connectivity index (χ0n) is 16.8. The van der Waals surface area contributed by atoms with Gasteiger partial charge in [-0.25, -0.2) is 4.79 Å². The van der Waals surface area contributed by atoms with Crippen LogP contribution in [0, 0.1) is 17.8 Å². The molecule has 0 aromatic heterocycles. The van der Waals surface area contributed by atoms with E-state index in [2.05, 4.69) is 29.2 Å². The van der Waals surface area contributed by atoms with E-state index in [9.17, 15) is 9.59 Å². The summed E-state index contributed by atoms with van der Waals surface area (Å²) < 4.78 is 5.65. The number of hydrogen-bond donors (Lipinski definition) is 0. The van der Waals surface area contributed by atoms with Crippen molar-refractivity contribution in [3.05, 3.63) is 29.8 Å². The fourth-order valence-electron chi connectivity index (χ4n) is 5.76. The number of rotatable bonds is 2. The summed E-state index contributed by atoms with van der Waals surface area (Å²) in [5.74, 6) is 2.68. The van der Waals surface area contributed by atoms with Crippen LogP contribution in [0.1, 0.15) is 30.7 Å². The number of carbonyl (C=O) groups excluding carboxylic acids is 2. The summed E-state index contributed by atoms with van der Waals surface area (Å²) in [6.07, 6.45) is 2.99. The first kappa shape index (κ1) is 17.8. The summed E-state index contributed by atoms with van der Waals surface area (Å²) >= 11 is 0. The van der Waals surface area contributed by atoms with Crippen LogP contribution in [0.4, 0.5) is 10.5 Å². The van der Waals surface area contributed by atoms with E-state index in [4.69, 9.17) is 4.74 Å². The lowest BCUT2D eigenvalue weighted by atomic mass is 9.87. The molecule has 0 spiro atoms. The van der Waals surface area contributed by atoms with Gasteiger partial charge in [0.2, 0.25) is 0 Å². The topological polar surface area (TPSA) is 53.1 Å². The number of urea groups is 1. The van der Waals surface area contributed by atoms with Crippen molar-refractivity contribution in [2.45, 2.75) is 31.3 Å². The van der Waals surface area contributed by atoms with Crippen LogP contribution in [0.15, 0.2) is 24.3 Å². The maximum absolute atomic E-state index is 12.9. The Morgan fingerprint density at radius 3 is 2.45 bits per heavy atom. The van der Waals surface area contributed by atoms with Gasteiger partial charge in [0, 0.05) is 63.2 Å². The Morgan fingerprint density at radius 1 is 0.931 bits per heavy atom. The highest BCUT2D eigenvalue weighted by Gasteiger charge is 2.45. The number of fused-ring (bicyclic) bond motifs is 2. The standard InChI is InChI=1S/C23H29N3O3/c27-21-8-18-11-24(6-5-22(18)29-14-21)23(28)26-12-19(13-26)15-1-3-20(4-2-15)25-9-16-7-17(16)10-25/h1-4,16-19,22H,5-14H2/t16?,17?,18-,22+/m1/s1. The Labute approximate surface area is 171 Å². The quantitative estimate of drug-likeness (QED) is 0.771. The molecule has 6 heteroatoms. The highest BCUT2D eigenvalue weighted by Crippen LogP contribution is 2.46. The fourth-order valence-corrected chi connectivity index (χ4v) is 5.76. The minimum Gasteiger partial charge on any atom is -0.371 e. The number of likely N-dealkylation sites (tertiary alicyclic amines) is 2. The minimum atomic E-state index is 0.130. The average Bonchev–Trinajstić information content (AvgIpc) is 3.31. The summed E-state index contributed by atoms with van der Waals surface area (Å²) in [5, 5.41) is 0. The number of amides is 2. The molecule has 154 valence electrons. The van der Waals surface area contributed by atoms with Crippen LogP contribution < -0.4 is 4.90 Å². The van der Waals surface area contributed by atoms with E-state index >= 15 is 0 Å². The average molecular weight is 396 g/mol. The molecule has 5 aliphatic rings. The third-order valence-electron chi connectivity index (χ3n) is 7.74. The second-order valence-electron chi connectivity index (χ2n) is 9.72. The van der Waals surface area contributed by atoms with Crippen LogP contribution in [0.5, 0.6) is 0 Å². The third-order valence-corrected chi connectivity index (χ3v) is 7.74. The Balaban J connectivity index is 1.03. The number of piperidine rings is 2. The van der Waals surface area contributed by atoms with Crippen LogP contribution in [-0.2, 0) is 9.53 Å². The van der Waals surface area contributed by atoms with Crippen LogP contribution in [0.3, 0.4) is 0 Å². The van der Waals surface area contributed by atoms with Gasteiger partial charge in [0.15, 0.2) is 5.78 Å². The molecule has 5 fully saturated rings. The fraction of sp³-hybridized carbons (Fsp3) is 0.652. The van der Waals surface area contributed by atoms with Crippen molar-refractivity contribution in [2.24, 2.45) is 17.8 Å². The number of Topliss-reactive ketones (excluding diaryl/α,β-unsaturated/α-hetero) is 1. The summed E-state index contributed by atoms with van der Waals surface area (Å²) in [5.41, 5.74) is 2.69. The first-order valence-electron chi connectivity index (χ1n) is 11.2. The molecule has 6 rings (SSSR count). The van der Waals surface area contributed by atoms with E-state index in [1.165, 1.54) is 30.8 Å². The molecular formula is C23H29N3O3. The summed E-state index contributed by atoms with van der Waals surface area (Å²) in [4.78, 5) is 31.0. The van der Waals surface area contributed by atoms with Gasteiger partial charge < -0.3 is 19.4 Å². The Hall–Kier alpha value is -2.08. The van der Waals surface area contributed by atoms with E-state index in [1.54, 1.807) is 0 Å². The first-order valence-corrected chi connectivity index (χ1v) is 11.2. The summed E-state index contributed by atoms with van der Waals surface area (Å²) in [6.45, 7) is 5.69. The van der Waals surface area contributed by atoms with Gasteiger partial charge in [-0.15, -0.1) is 0 Å². The van der Waals surface area contributed by atoms with Crippen LogP contribution in [-0.4, -0.2) is 73.6 Å². The highest BCUT2D eigenvalue weighted by molar-refractivity contribution is 5.81. The lowest BCUT2D eigenvalue weighted by molar-refractivity contribution is -0.140. The molecule has 29 heavy (non-hydrogen) atoms. The lowest BCUT2D eigenvalue weighted by Gasteiger charge is -2.46. The van der Waals surface area contributed by atoms with Gasteiger partial charge >= 0.3 is 6.03 Å². The van der Waals surface area contributed by atoms with Crippen LogP contribution in [0.2, 0.25) is 0 Å². The second-order valence-corrected chi connectivity index (χ2v) is 9.72. The van der Waals surface area contributed by atoms with Crippen molar-refractivity contribution in [1.29, 1.82) is 0 Å². The monoisotopic (exact) mass is 395 g/mol. The van der Waals surface area contributed by atoms with Crippen molar-refractivity contribution in [3.63, 3.8) is 0 Å². The molecule has 4 atom stereocenters. The largest absolute Gasteiger partial charge is 0.371 e. The van der Waals surface area contributed by atoms with Crippen molar-refractivity contribution >= 4 is 17.5 Å². The second kappa shape index (κ2) is 6.73. The number of nitrogens with zero attached hydrogens (tertiary/aromatic N) is 3. The molecule has 4 heterocycles. The minimum absolute atomic E-state index is 0.130.